The van der Waals surface area contributed by atoms with Crippen molar-refractivity contribution in [2.75, 3.05) is 0 Å². The summed E-state index contributed by atoms with van der Waals surface area (Å²) in [5.41, 5.74) is -0.942. The normalized spacial score (nSPS) is 12.3. The lowest BCUT2D eigenvalue weighted by molar-refractivity contribution is -0.125. The maximum atomic E-state index is 11.8. The van der Waals surface area contributed by atoms with Crippen molar-refractivity contribution < 1.29 is 9.90 Å². The summed E-state index contributed by atoms with van der Waals surface area (Å²) in [5, 5.41) is 12.7. The molecule has 0 aliphatic rings. The molecule has 2 N–H and O–H groups in total. The quantitative estimate of drug-likeness (QED) is 0.828. The first-order valence-corrected chi connectivity index (χ1v) is 5.66. The minimum Gasteiger partial charge on any atom is -0.388 e. The van der Waals surface area contributed by atoms with E-state index in [4.69, 9.17) is 0 Å². The number of hydrogen-bond acceptors (Lipinski definition) is 3. The third-order valence-corrected chi connectivity index (χ3v) is 3.05. The number of rotatable bonds is 4. The van der Waals surface area contributed by atoms with Crippen molar-refractivity contribution in [1.29, 1.82) is 0 Å². The van der Waals surface area contributed by atoms with Gasteiger partial charge in [-0.1, -0.05) is 6.07 Å². The van der Waals surface area contributed by atoms with E-state index in [1.165, 1.54) is 0 Å². The molecule has 0 radical (unpaired) electrons. The van der Waals surface area contributed by atoms with Gasteiger partial charge in [-0.3, -0.25) is 9.78 Å². The van der Waals surface area contributed by atoms with Crippen molar-refractivity contribution >= 4 is 5.91 Å². The van der Waals surface area contributed by atoms with Crippen LogP contribution in [-0.2, 0) is 11.2 Å². The Labute approximate surface area is 102 Å². The first-order valence-electron chi connectivity index (χ1n) is 5.66. The van der Waals surface area contributed by atoms with Crippen LogP contribution in [0.5, 0.6) is 0 Å². The molecule has 0 saturated carbocycles. The molecule has 0 fully saturated rings. The standard InChI is InChI=1S/C13H20N2O2/c1-12(2,13(3,4)17)15-11(16)9-10-7-5-6-8-14-10/h5-8,17H,9H2,1-4H3,(H,15,16). The highest BCUT2D eigenvalue weighted by atomic mass is 16.3. The number of nitrogens with zero attached hydrogens (tertiary/aromatic N) is 1. The minimum atomic E-state index is -0.979. The van der Waals surface area contributed by atoms with Crippen LogP contribution in [0, 0.1) is 0 Å². The Balaban J connectivity index is 2.62. The monoisotopic (exact) mass is 236 g/mol. The molecule has 0 bridgehead atoms. The number of carbonyl (C=O) groups is 1. The van der Waals surface area contributed by atoms with E-state index in [9.17, 15) is 9.90 Å². The average molecular weight is 236 g/mol. The molecule has 1 aromatic rings. The van der Waals surface area contributed by atoms with Gasteiger partial charge in [0.25, 0.3) is 0 Å². The van der Waals surface area contributed by atoms with Crippen LogP contribution in [-0.4, -0.2) is 27.1 Å². The molecular formula is C13H20N2O2. The van der Waals surface area contributed by atoms with Crippen LogP contribution in [0.2, 0.25) is 0 Å². The number of carbonyl (C=O) groups excluding carboxylic acids is 1. The second-order valence-electron chi connectivity index (χ2n) is 5.23. The third kappa shape index (κ3) is 3.82. The van der Waals surface area contributed by atoms with Gasteiger partial charge in [-0.25, -0.2) is 0 Å². The van der Waals surface area contributed by atoms with Gasteiger partial charge >= 0.3 is 0 Å². The summed E-state index contributed by atoms with van der Waals surface area (Å²) in [5.74, 6) is -0.143. The van der Waals surface area contributed by atoms with Gasteiger partial charge in [0.15, 0.2) is 0 Å². The molecule has 0 aliphatic heterocycles. The smallest absolute Gasteiger partial charge is 0.226 e. The van der Waals surface area contributed by atoms with Gasteiger partial charge < -0.3 is 10.4 Å². The van der Waals surface area contributed by atoms with Crippen LogP contribution in [0.4, 0.5) is 0 Å². The van der Waals surface area contributed by atoms with Crippen molar-refractivity contribution in [2.24, 2.45) is 0 Å². The second kappa shape index (κ2) is 4.84. The van der Waals surface area contributed by atoms with E-state index < -0.39 is 11.1 Å². The summed E-state index contributed by atoms with van der Waals surface area (Å²) in [6, 6.07) is 5.45. The van der Waals surface area contributed by atoms with Crippen LogP contribution in [0.1, 0.15) is 33.4 Å². The molecule has 0 aromatic carbocycles. The van der Waals surface area contributed by atoms with E-state index in [0.29, 0.717) is 0 Å². The summed E-state index contributed by atoms with van der Waals surface area (Å²) in [6.07, 6.45) is 1.88. The topological polar surface area (TPSA) is 62.2 Å². The van der Waals surface area contributed by atoms with Gasteiger partial charge in [-0.05, 0) is 39.8 Å². The Hall–Kier alpha value is -1.42. The van der Waals surface area contributed by atoms with Crippen molar-refractivity contribution in [3.63, 3.8) is 0 Å². The summed E-state index contributed by atoms with van der Waals surface area (Å²) in [6.45, 7) is 6.94. The zero-order chi connectivity index (χ0) is 13.1. The number of nitrogens with one attached hydrogen (secondary N) is 1. The Kier molecular flexibility index (Phi) is 3.88. The molecule has 1 rings (SSSR count). The molecule has 0 unspecified atom stereocenters. The predicted molar refractivity (Wildman–Crippen MR) is 66.5 cm³/mol. The lowest BCUT2D eigenvalue weighted by atomic mass is 9.86. The van der Waals surface area contributed by atoms with E-state index in [1.807, 2.05) is 12.1 Å². The zero-order valence-electron chi connectivity index (χ0n) is 10.8. The Morgan fingerprint density at radius 1 is 1.35 bits per heavy atom. The molecule has 1 heterocycles. The summed E-state index contributed by atoms with van der Waals surface area (Å²) >= 11 is 0. The molecular weight excluding hydrogens is 216 g/mol. The molecule has 4 heteroatoms. The highest BCUT2D eigenvalue weighted by Gasteiger charge is 2.36. The van der Waals surface area contributed by atoms with Gasteiger partial charge in [0.1, 0.15) is 0 Å². The molecule has 1 aromatic heterocycles. The first-order chi connectivity index (χ1) is 7.72. The minimum absolute atomic E-state index is 0.143. The lowest BCUT2D eigenvalue weighted by Crippen LogP contribution is -2.58. The highest BCUT2D eigenvalue weighted by molar-refractivity contribution is 5.79. The van der Waals surface area contributed by atoms with Crippen molar-refractivity contribution in [3.05, 3.63) is 30.1 Å². The van der Waals surface area contributed by atoms with Gasteiger partial charge in [-0.15, -0.1) is 0 Å². The van der Waals surface area contributed by atoms with Crippen molar-refractivity contribution in [2.45, 2.75) is 45.3 Å². The molecule has 0 spiro atoms. The Bertz CT molecular complexity index is 380. The summed E-state index contributed by atoms with van der Waals surface area (Å²) < 4.78 is 0. The number of aromatic nitrogens is 1. The number of pyridine rings is 1. The van der Waals surface area contributed by atoms with Crippen molar-refractivity contribution in [1.82, 2.24) is 10.3 Å². The van der Waals surface area contributed by atoms with Gasteiger partial charge in [-0.2, -0.15) is 0 Å². The van der Waals surface area contributed by atoms with E-state index in [2.05, 4.69) is 10.3 Å². The summed E-state index contributed by atoms with van der Waals surface area (Å²) in [4.78, 5) is 15.9. The molecule has 17 heavy (non-hydrogen) atoms. The fraction of sp³-hybridized carbons (Fsp3) is 0.538. The van der Waals surface area contributed by atoms with Gasteiger partial charge in [0.05, 0.1) is 17.6 Å². The summed E-state index contributed by atoms with van der Waals surface area (Å²) in [7, 11) is 0. The maximum Gasteiger partial charge on any atom is 0.226 e. The third-order valence-electron chi connectivity index (χ3n) is 3.05. The lowest BCUT2D eigenvalue weighted by Gasteiger charge is -2.38. The zero-order valence-corrected chi connectivity index (χ0v) is 10.8. The Morgan fingerprint density at radius 3 is 2.47 bits per heavy atom. The fourth-order valence-electron chi connectivity index (χ4n) is 1.21. The van der Waals surface area contributed by atoms with E-state index >= 15 is 0 Å². The van der Waals surface area contributed by atoms with Gasteiger partial charge in [0, 0.05) is 11.9 Å². The maximum absolute atomic E-state index is 11.8. The van der Waals surface area contributed by atoms with Crippen LogP contribution in [0.15, 0.2) is 24.4 Å². The molecule has 0 atom stereocenters. The van der Waals surface area contributed by atoms with E-state index in [1.54, 1.807) is 40.0 Å². The predicted octanol–water partition coefficient (Wildman–Crippen LogP) is 1.29. The molecule has 0 saturated heterocycles. The number of aliphatic hydroxyl groups is 1. The first kappa shape index (κ1) is 13.6. The van der Waals surface area contributed by atoms with E-state index in [0.717, 1.165) is 5.69 Å². The molecule has 0 aliphatic carbocycles. The largest absolute Gasteiger partial charge is 0.388 e. The van der Waals surface area contributed by atoms with Gasteiger partial charge in [0.2, 0.25) is 5.91 Å². The number of amides is 1. The second-order valence-corrected chi connectivity index (χ2v) is 5.23. The van der Waals surface area contributed by atoms with Crippen LogP contribution < -0.4 is 5.32 Å². The fourth-order valence-corrected chi connectivity index (χ4v) is 1.21. The van der Waals surface area contributed by atoms with E-state index in [-0.39, 0.29) is 12.3 Å². The molecule has 94 valence electrons. The average Bonchev–Trinajstić information content (AvgIpc) is 2.16. The molecule has 4 nitrogen and oxygen atoms in total. The van der Waals surface area contributed by atoms with Crippen LogP contribution in [0.25, 0.3) is 0 Å². The highest BCUT2D eigenvalue weighted by Crippen LogP contribution is 2.20. The molecule has 1 amide bonds. The number of hydrogen-bond donors (Lipinski definition) is 2. The SMILES string of the molecule is CC(C)(O)C(C)(C)NC(=O)Cc1ccccn1. The van der Waals surface area contributed by atoms with Crippen LogP contribution in [0.3, 0.4) is 0 Å². The van der Waals surface area contributed by atoms with Crippen LogP contribution >= 0.6 is 0 Å². The van der Waals surface area contributed by atoms with Crippen molar-refractivity contribution in [3.8, 4) is 0 Å². The Morgan fingerprint density at radius 2 is 2.00 bits per heavy atom.